The molecule has 2 aliphatic rings. The van der Waals surface area contributed by atoms with Gasteiger partial charge in [0.25, 0.3) is 0 Å². The predicted molar refractivity (Wildman–Crippen MR) is 124 cm³/mol. The first-order valence-electron chi connectivity index (χ1n) is 11.6. The van der Waals surface area contributed by atoms with E-state index >= 15 is 0 Å². The highest BCUT2D eigenvalue weighted by Crippen LogP contribution is 2.36. The Kier molecular flexibility index (Phi) is 6.35. The van der Waals surface area contributed by atoms with Gasteiger partial charge in [-0.2, -0.15) is 0 Å². The van der Waals surface area contributed by atoms with Crippen LogP contribution < -0.4 is 14.8 Å². The summed E-state index contributed by atoms with van der Waals surface area (Å²) in [5.41, 5.74) is 3.58. The number of imidazole rings is 1. The Bertz CT molecular complexity index is 1180. The minimum atomic E-state index is -0.863. The number of aliphatic hydroxyl groups is 1. The number of aryl methyl sites for hydroxylation is 2. The molecule has 2 atom stereocenters. The lowest BCUT2D eigenvalue weighted by Crippen LogP contribution is -2.15. The first-order chi connectivity index (χ1) is 16.5. The van der Waals surface area contributed by atoms with Gasteiger partial charge < -0.3 is 29.6 Å². The molecule has 34 heavy (non-hydrogen) atoms. The predicted octanol–water partition coefficient (Wildman–Crippen LogP) is 3.29. The second-order valence-electron chi connectivity index (χ2n) is 8.80. The number of aliphatic hydroxyl groups excluding tert-OH is 1. The number of pyridine rings is 1. The summed E-state index contributed by atoms with van der Waals surface area (Å²) in [4.78, 5) is 20.6. The number of aliphatic carboxylic acids is 1. The van der Waals surface area contributed by atoms with E-state index in [0.717, 1.165) is 36.5 Å². The second-order valence-corrected chi connectivity index (χ2v) is 8.80. The van der Waals surface area contributed by atoms with E-state index in [1.54, 1.807) is 6.33 Å². The summed E-state index contributed by atoms with van der Waals surface area (Å²) in [6.07, 6.45) is 6.15. The molecule has 0 fully saturated rings. The van der Waals surface area contributed by atoms with Crippen molar-refractivity contribution in [1.29, 1.82) is 0 Å². The van der Waals surface area contributed by atoms with Crippen molar-refractivity contribution in [2.75, 3.05) is 18.7 Å². The average Bonchev–Trinajstić information content (AvgIpc) is 3.50. The fourth-order valence-electron chi connectivity index (χ4n) is 4.52. The molecule has 5 rings (SSSR count). The quantitative estimate of drug-likeness (QED) is 0.441. The topological polar surface area (TPSA) is 119 Å². The molecule has 1 aromatic carbocycles. The van der Waals surface area contributed by atoms with Gasteiger partial charge in [0.15, 0.2) is 11.5 Å². The van der Waals surface area contributed by atoms with Crippen LogP contribution in [-0.2, 0) is 24.2 Å². The fourth-order valence-corrected chi connectivity index (χ4v) is 4.52. The van der Waals surface area contributed by atoms with E-state index in [2.05, 4.69) is 15.3 Å². The number of hydrogen-bond donors (Lipinski definition) is 3. The minimum absolute atomic E-state index is 0.0100. The van der Waals surface area contributed by atoms with Gasteiger partial charge in [-0.3, -0.25) is 4.79 Å². The van der Waals surface area contributed by atoms with Crippen LogP contribution in [0.25, 0.3) is 0 Å². The van der Waals surface area contributed by atoms with Crippen LogP contribution in [0.1, 0.15) is 53.8 Å². The van der Waals surface area contributed by atoms with Crippen molar-refractivity contribution >= 4 is 11.8 Å². The Labute approximate surface area is 197 Å². The van der Waals surface area contributed by atoms with E-state index < -0.39 is 12.1 Å². The van der Waals surface area contributed by atoms with E-state index in [1.807, 2.05) is 41.1 Å². The number of carboxylic acid groups (broad SMARTS) is 1. The van der Waals surface area contributed by atoms with Gasteiger partial charge in [0.05, 0.1) is 30.2 Å². The van der Waals surface area contributed by atoms with Gasteiger partial charge in [0.1, 0.15) is 5.82 Å². The standard InChI is InChI=1S/C25H28N4O5/c30-21(20-6-3-16-2-1-9-26-25(16)28-20)7-5-19-13-29(14-27-19)12-18(11-24(31)32)17-4-8-22-23(10-17)34-15-33-22/h3-4,6,8,10,13-14,18,21,30H,1-2,5,7,9,11-12,15H2,(H,26,28)(H,31,32). The highest BCUT2D eigenvalue weighted by Gasteiger charge is 2.21. The van der Waals surface area contributed by atoms with Crippen LogP contribution in [0, 0.1) is 0 Å². The summed E-state index contributed by atoms with van der Waals surface area (Å²) in [5, 5.41) is 23.4. The van der Waals surface area contributed by atoms with Crippen LogP contribution in [0.15, 0.2) is 42.9 Å². The molecule has 2 aromatic heterocycles. The number of benzene rings is 1. The molecular weight excluding hydrogens is 436 g/mol. The Morgan fingerprint density at radius 3 is 2.97 bits per heavy atom. The van der Waals surface area contributed by atoms with E-state index in [4.69, 9.17) is 9.47 Å². The summed E-state index contributed by atoms with van der Waals surface area (Å²) < 4.78 is 12.7. The summed E-state index contributed by atoms with van der Waals surface area (Å²) >= 11 is 0. The number of carboxylic acids is 1. The number of rotatable bonds is 9. The van der Waals surface area contributed by atoms with Gasteiger partial charge in [-0.25, -0.2) is 9.97 Å². The largest absolute Gasteiger partial charge is 0.481 e. The lowest BCUT2D eigenvalue weighted by Gasteiger charge is -2.19. The SMILES string of the molecule is O=C(O)CC(Cn1cnc(CCC(O)c2ccc3c(n2)NCCC3)c1)c1ccc2c(c1)OCO2. The first-order valence-corrected chi connectivity index (χ1v) is 11.6. The summed E-state index contributed by atoms with van der Waals surface area (Å²) in [6, 6.07) is 9.50. The number of aromatic nitrogens is 3. The second kappa shape index (κ2) is 9.72. The van der Waals surface area contributed by atoms with Gasteiger partial charge in [0, 0.05) is 25.2 Å². The van der Waals surface area contributed by atoms with Crippen LogP contribution in [-0.4, -0.2) is 44.1 Å². The molecule has 2 unspecified atom stereocenters. The molecule has 0 spiro atoms. The zero-order valence-corrected chi connectivity index (χ0v) is 18.8. The summed E-state index contributed by atoms with van der Waals surface area (Å²) in [6.45, 7) is 1.56. The van der Waals surface area contributed by atoms with Gasteiger partial charge in [-0.1, -0.05) is 12.1 Å². The van der Waals surface area contributed by atoms with Crippen molar-refractivity contribution in [3.05, 3.63) is 65.4 Å². The van der Waals surface area contributed by atoms with Crippen molar-refractivity contribution in [1.82, 2.24) is 14.5 Å². The van der Waals surface area contributed by atoms with Crippen LogP contribution in [0.3, 0.4) is 0 Å². The number of nitrogens with one attached hydrogen (secondary N) is 1. The summed E-state index contributed by atoms with van der Waals surface area (Å²) in [7, 11) is 0. The number of nitrogens with zero attached hydrogens (tertiary/aromatic N) is 3. The molecule has 9 heteroatoms. The lowest BCUT2D eigenvalue weighted by molar-refractivity contribution is -0.137. The molecule has 3 aromatic rings. The molecule has 0 saturated carbocycles. The third-order valence-electron chi connectivity index (χ3n) is 6.34. The number of carbonyl (C=O) groups is 1. The van der Waals surface area contributed by atoms with E-state index in [0.29, 0.717) is 36.6 Å². The zero-order chi connectivity index (χ0) is 23.5. The molecule has 0 amide bonds. The number of anilines is 1. The van der Waals surface area contributed by atoms with Crippen molar-refractivity contribution in [3.8, 4) is 11.5 Å². The van der Waals surface area contributed by atoms with Crippen LogP contribution >= 0.6 is 0 Å². The van der Waals surface area contributed by atoms with Crippen molar-refractivity contribution < 1.29 is 24.5 Å². The van der Waals surface area contributed by atoms with Crippen LogP contribution in [0.5, 0.6) is 11.5 Å². The molecular formula is C25H28N4O5. The highest BCUT2D eigenvalue weighted by molar-refractivity contribution is 5.68. The van der Waals surface area contributed by atoms with Crippen molar-refractivity contribution in [2.24, 2.45) is 0 Å². The molecule has 178 valence electrons. The molecule has 0 saturated heterocycles. The van der Waals surface area contributed by atoms with Gasteiger partial charge in [0.2, 0.25) is 6.79 Å². The van der Waals surface area contributed by atoms with Crippen molar-refractivity contribution in [2.45, 2.75) is 50.7 Å². The lowest BCUT2D eigenvalue weighted by atomic mass is 9.95. The summed E-state index contributed by atoms with van der Waals surface area (Å²) in [5.74, 6) is 1.08. The smallest absolute Gasteiger partial charge is 0.304 e. The van der Waals surface area contributed by atoms with E-state index in [1.165, 1.54) is 5.56 Å². The first kappa shape index (κ1) is 22.2. The minimum Gasteiger partial charge on any atom is -0.481 e. The Hall–Kier alpha value is -3.59. The van der Waals surface area contributed by atoms with Crippen LogP contribution in [0.2, 0.25) is 0 Å². The number of hydrogen-bond acceptors (Lipinski definition) is 7. The third-order valence-corrected chi connectivity index (χ3v) is 6.34. The third kappa shape index (κ3) is 4.99. The molecule has 2 aliphatic heterocycles. The average molecular weight is 465 g/mol. The number of ether oxygens (including phenoxy) is 2. The highest BCUT2D eigenvalue weighted by atomic mass is 16.7. The van der Waals surface area contributed by atoms with Crippen LogP contribution in [0.4, 0.5) is 5.82 Å². The monoisotopic (exact) mass is 464 g/mol. The van der Waals surface area contributed by atoms with Gasteiger partial charge >= 0.3 is 5.97 Å². The maximum atomic E-state index is 11.5. The van der Waals surface area contributed by atoms with Gasteiger partial charge in [-0.15, -0.1) is 0 Å². The number of fused-ring (bicyclic) bond motifs is 2. The Morgan fingerprint density at radius 1 is 1.21 bits per heavy atom. The molecule has 9 nitrogen and oxygen atoms in total. The molecule has 0 radical (unpaired) electrons. The molecule has 0 bridgehead atoms. The zero-order valence-electron chi connectivity index (χ0n) is 18.8. The molecule has 0 aliphatic carbocycles. The van der Waals surface area contributed by atoms with E-state index in [-0.39, 0.29) is 19.1 Å². The maximum Gasteiger partial charge on any atom is 0.304 e. The van der Waals surface area contributed by atoms with E-state index in [9.17, 15) is 15.0 Å². The Morgan fingerprint density at radius 2 is 2.09 bits per heavy atom. The van der Waals surface area contributed by atoms with Crippen molar-refractivity contribution in [3.63, 3.8) is 0 Å². The fraction of sp³-hybridized carbons (Fsp3) is 0.400. The van der Waals surface area contributed by atoms with Gasteiger partial charge in [-0.05, 0) is 55.0 Å². The normalized spacial score (nSPS) is 15.9. The molecule has 3 N–H and O–H groups in total. The Balaban J connectivity index is 1.22. The maximum absolute atomic E-state index is 11.5. The molecule has 4 heterocycles.